The van der Waals surface area contributed by atoms with Crippen molar-refractivity contribution in [3.63, 3.8) is 0 Å². The van der Waals surface area contributed by atoms with Crippen LogP contribution in [0.1, 0.15) is 164 Å². The highest BCUT2D eigenvalue weighted by molar-refractivity contribution is 6.13. The molecular weight excluding hydrogens is 1460 g/mol. The molecular formula is C81H136N6O25. The first-order chi connectivity index (χ1) is 53.8. The number of barbiturate groups is 1. The number of amides is 4. The number of carbonyl (C=O) groups excluding carboxylic acids is 5. The van der Waals surface area contributed by atoms with Gasteiger partial charge in [-0.25, -0.2) is 4.79 Å². The molecule has 7 aliphatic rings. The number of aldehydes is 2. The Hall–Kier alpha value is -6.15. The summed E-state index contributed by atoms with van der Waals surface area (Å²) in [6.07, 6.45) is 26.2. The third-order valence-electron chi connectivity index (χ3n) is 21.9. The van der Waals surface area contributed by atoms with Crippen molar-refractivity contribution in [2.75, 3.05) is 131 Å². The van der Waals surface area contributed by atoms with E-state index in [0.717, 1.165) is 119 Å². The Morgan fingerprint density at radius 2 is 0.652 bits per heavy atom. The van der Waals surface area contributed by atoms with Crippen LogP contribution in [0.3, 0.4) is 0 Å². The number of nitrogens with zero attached hydrogens (tertiary/aromatic N) is 6. The van der Waals surface area contributed by atoms with E-state index in [1.807, 2.05) is 27.7 Å². The van der Waals surface area contributed by atoms with E-state index in [-0.39, 0.29) is 125 Å². The molecule has 1 heterocycles. The van der Waals surface area contributed by atoms with Crippen LogP contribution < -0.4 is 0 Å². The van der Waals surface area contributed by atoms with Crippen molar-refractivity contribution >= 4 is 42.8 Å². The van der Waals surface area contributed by atoms with Crippen LogP contribution >= 0.6 is 0 Å². The van der Waals surface area contributed by atoms with Gasteiger partial charge in [0.15, 0.2) is 0 Å². The molecule has 3 N–H and O–H groups in total. The van der Waals surface area contributed by atoms with Crippen molar-refractivity contribution in [1.82, 2.24) is 9.80 Å². The lowest BCUT2D eigenvalue weighted by atomic mass is 9.82. The third kappa shape index (κ3) is 31.8. The van der Waals surface area contributed by atoms with Gasteiger partial charge in [-0.1, -0.05) is 71.9 Å². The highest BCUT2D eigenvalue weighted by Crippen LogP contribution is 2.48. The summed E-state index contributed by atoms with van der Waals surface area (Å²) >= 11 is 0. The summed E-state index contributed by atoms with van der Waals surface area (Å²) in [5.74, 6) is -0.892. The van der Waals surface area contributed by atoms with Crippen LogP contribution in [-0.4, -0.2) is 272 Å². The highest BCUT2D eigenvalue weighted by atomic mass is 16.7. The number of ether oxygens (including phenoxy) is 17. The summed E-state index contributed by atoms with van der Waals surface area (Å²) in [6, 6.07) is 4.12. The monoisotopic (exact) mass is 1590 g/mol. The summed E-state index contributed by atoms with van der Waals surface area (Å²) < 4.78 is 91.3. The lowest BCUT2D eigenvalue weighted by Gasteiger charge is -2.29. The first kappa shape index (κ1) is 104. The van der Waals surface area contributed by atoms with E-state index in [1.165, 1.54) is 14.1 Å². The van der Waals surface area contributed by atoms with Crippen LogP contribution in [0, 0.1) is 55.2 Å². The lowest BCUT2D eigenvalue weighted by Crippen LogP contribution is -2.51. The van der Waals surface area contributed by atoms with Crippen molar-refractivity contribution in [3.8, 4) is 12.1 Å². The van der Waals surface area contributed by atoms with Crippen molar-refractivity contribution in [3.05, 3.63) is 63.3 Å². The van der Waals surface area contributed by atoms with Crippen molar-refractivity contribution in [1.29, 1.82) is 10.5 Å². The molecule has 0 unspecified atom stereocenters. The Labute approximate surface area is 666 Å². The Morgan fingerprint density at radius 3 is 0.902 bits per heavy atom. The molecule has 112 heavy (non-hydrogen) atoms. The van der Waals surface area contributed by atoms with Gasteiger partial charge in [0.2, 0.25) is 11.8 Å². The van der Waals surface area contributed by atoms with E-state index < -0.39 is 45.6 Å². The summed E-state index contributed by atoms with van der Waals surface area (Å²) in [7, 11) is 12.2. The van der Waals surface area contributed by atoms with Crippen molar-refractivity contribution in [2.24, 2.45) is 42.8 Å². The molecule has 6 saturated carbocycles. The van der Waals surface area contributed by atoms with Crippen LogP contribution in [0.4, 0.5) is 4.79 Å². The van der Waals surface area contributed by atoms with Gasteiger partial charge in [0.1, 0.15) is 59.8 Å². The molecule has 1 saturated heterocycles. The quantitative estimate of drug-likeness (QED) is 0.00971. The van der Waals surface area contributed by atoms with E-state index in [1.54, 1.807) is 85.5 Å². The summed E-state index contributed by atoms with van der Waals surface area (Å²) in [5, 5.41) is 52.2. The van der Waals surface area contributed by atoms with Gasteiger partial charge in [-0.2, -0.15) is 10.5 Å². The largest absolute Gasteiger partial charge is 0.411 e. The molecule has 0 radical (unpaired) electrons. The van der Waals surface area contributed by atoms with Gasteiger partial charge < -0.3 is 106 Å². The van der Waals surface area contributed by atoms with Gasteiger partial charge >= 0.3 is 6.03 Å². The highest BCUT2D eigenvalue weighted by Gasteiger charge is 2.52. The average molecular weight is 1590 g/mol. The van der Waals surface area contributed by atoms with Crippen molar-refractivity contribution in [2.45, 2.75) is 237 Å². The molecule has 7 fully saturated rings. The van der Waals surface area contributed by atoms with Gasteiger partial charge in [-0.3, -0.25) is 19.4 Å². The molecule has 7 rings (SSSR count). The smallest absolute Gasteiger partial charge is 0.332 e. The van der Waals surface area contributed by atoms with Gasteiger partial charge in [0.05, 0.1) is 153 Å². The number of methoxy groups -OCH3 is 6. The minimum absolute atomic E-state index is 0.0480. The summed E-state index contributed by atoms with van der Waals surface area (Å²) in [4.78, 5) is 57.2. The predicted octanol–water partition coefficient (Wildman–Crippen LogP) is 11.0. The molecule has 18 atom stereocenters. The molecule has 0 aromatic heterocycles. The number of carbonyl (C=O) groups is 5. The Bertz CT molecular complexity index is 2740. The Kier molecular flexibility index (Phi) is 52.9. The summed E-state index contributed by atoms with van der Waals surface area (Å²) in [5.41, 5.74) is -2.38. The molecule has 0 aromatic rings. The zero-order valence-electron chi connectivity index (χ0n) is 69.4. The minimum atomic E-state index is -0.564. The topological polar surface area (TPSA) is 382 Å². The van der Waals surface area contributed by atoms with E-state index >= 15 is 0 Å². The second-order valence-corrected chi connectivity index (χ2v) is 28.6. The number of imide groups is 2. The second kappa shape index (κ2) is 57.0. The number of hydrogen-bond acceptors (Lipinski definition) is 29. The van der Waals surface area contributed by atoms with Crippen molar-refractivity contribution < 1.29 is 120 Å². The molecule has 0 bridgehead atoms. The molecule has 0 aromatic carbocycles. The van der Waals surface area contributed by atoms with E-state index in [0.29, 0.717) is 52.3 Å². The molecule has 1 aliphatic heterocycles. The normalized spacial score (nSPS) is 31.7. The molecule has 0 spiro atoms. The Morgan fingerprint density at radius 1 is 0.402 bits per heavy atom. The standard InChI is InChI=1S/2C13H23NO4.C13H21NO3.2C13H22O4.C10H17NO3.C6H8N2O3/c2*1-4-6-17-11-7-12(18-10-16-3)13(5-2,8-11)9-14-15;3*1-4-6-16-11-7-12(17-10-15-3)13(5-2,8-11)9-14;1-3-10(6-11)5-8(12)4-9(10)14-7-13-2;1-7-4(9)3-5(10)8(2)6(7)11/h2*4,9,11-12,15H,1,5-8,10H2,2-3H3;4,11-12H,1,5-8,10H2,2-3H3;2*4,9,11-12H,1,5-8,10H2,2-3H3;8-9,12H,3-5,7H2,1-2H3;3H2,1-2H3/b2*14-9-;;;;;/t11-,12+,13+;11-,12-,13-;2*11-,12+,13+;11-,12-,13-;8-,9+,10+;/m101101./s1. The van der Waals surface area contributed by atoms with Gasteiger partial charge in [-0.15, -0.1) is 43.2 Å². The number of nitriles is 2. The van der Waals surface area contributed by atoms with Gasteiger partial charge in [0, 0.05) is 106 Å². The molecule has 640 valence electrons. The number of oxime groups is 2. The molecule has 31 nitrogen and oxygen atoms in total. The number of hydrogen-bond donors (Lipinski definition) is 3. The lowest BCUT2D eigenvalue weighted by molar-refractivity contribution is -0.141. The van der Waals surface area contributed by atoms with E-state index in [4.69, 9.17) is 96.2 Å². The molecule has 31 heteroatoms. The number of aliphatic hydroxyl groups is 1. The van der Waals surface area contributed by atoms with Crippen LogP contribution in [0.15, 0.2) is 73.6 Å². The van der Waals surface area contributed by atoms with Crippen LogP contribution in [0.25, 0.3) is 0 Å². The minimum Gasteiger partial charge on any atom is -0.411 e. The first-order valence-electron chi connectivity index (χ1n) is 38.5. The van der Waals surface area contributed by atoms with E-state index in [9.17, 15) is 34.3 Å². The predicted molar refractivity (Wildman–Crippen MR) is 417 cm³/mol. The maximum Gasteiger partial charge on any atom is 0.332 e. The average Bonchev–Trinajstić information content (AvgIpc) is 1.69. The fourth-order valence-corrected chi connectivity index (χ4v) is 15.1. The maximum absolute atomic E-state index is 11.4. The third-order valence-corrected chi connectivity index (χ3v) is 21.9. The first-order valence-corrected chi connectivity index (χ1v) is 38.5. The van der Waals surface area contributed by atoms with E-state index in [2.05, 4.69) is 69.2 Å². The summed E-state index contributed by atoms with van der Waals surface area (Å²) in [6.45, 7) is 34.2. The number of urea groups is 1. The van der Waals surface area contributed by atoms with Gasteiger partial charge in [-0.05, 0) is 77.0 Å². The second-order valence-electron chi connectivity index (χ2n) is 28.6. The number of aliphatic hydroxyl groups excluding tert-OH is 1. The SMILES string of the molecule is C=CCO[C@@H]1C[C@H](OCOC)[C@@](/C=N\O)(CC)C1.C=CCO[C@@H]1C[C@H](OCOC)[C@@](C#N)(CC)C1.C=CCO[C@@H]1C[C@H](OCOC)[C@@](C=O)(CC)C1.C=CCO[C@H]1C[C@H](OCOC)[C@@](/C=N\O)(CC)C1.C=CCO[C@H]1C[C@H](OCOC)[C@@](C=O)(CC)C1.CC[C@@]1(C#N)C[C@H](O)C[C@@H]1OCOC.CN1C(=O)CC(=O)N(C)C1=O. The van der Waals surface area contributed by atoms with Gasteiger partial charge in [0.25, 0.3) is 0 Å². The van der Waals surface area contributed by atoms with Crippen LogP contribution in [0.5, 0.6) is 0 Å². The van der Waals surface area contributed by atoms with Crippen LogP contribution in [0.2, 0.25) is 0 Å². The fraction of sp³-hybridized carbons (Fsp3) is 0.765. The zero-order valence-corrected chi connectivity index (χ0v) is 69.4. The number of rotatable bonds is 43. The fourth-order valence-electron chi connectivity index (χ4n) is 15.1. The molecule has 6 aliphatic carbocycles. The zero-order chi connectivity index (χ0) is 84.2. The molecule has 4 amide bonds. The Balaban J connectivity index is 0.000000656. The maximum atomic E-state index is 11.4. The van der Waals surface area contributed by atoms with Crippen LogP contribution in [-0.2, 0) is 99.7 Å².